The van der Waals surface area contributed by atoms with E-state index in [0.29, 0.717) is 30.5 Å². The summed E-state index contributed by atoms with van der Waals surface area (Å²) in [6.07, 6.45) is 1.82. The summed E-state index contributed by atoms with van der Waals surface area (Å²) in [5.41, 5.74) is 4.31. The number of aromatic nitrogens is 4. The van der Waals surface area contributed by atoms with Crippen molar-refractivity contribution in [2.75, 3.05) is 24.9 Å². The molecule has 248 valence electrons. The Morgan fingerprint density at radius 3 is 2.09 bits per heavy atom. The van der Waals surface area contributed by atoms with Gasteiger partial charge in [0.15, 0.2) is 5.82 Å². The number of carbonyl (C=O) groups is 3. The monoisotopic (exact) mass is 662 g/mol. The molecule has 0 spiro atoms. The van der Waals surface area contributed by atoms with Gasteiger partial charge in [-0.15, -0.1) is 15.3 Å². The molecule has 15 heteroatoms. The fourth-order valence-electron chi connectivity index (χ4n) is 4.56. The Labute approximate surface area is 276 Å². The quantitative estimate of drug-likeness (QED) is 0.0868. The van der Waals surface area contributed by atoms with Gasteiger partial charge in [-0.1, -0.05) is 59.9 Å². The Balaban J connectivity index is 1.14. The van der Waals surface area contributed by atoms with Crippen molar-refractivity contribution < 1.29 is 29.0 Å². The van der Waals surface area contributed by atoms with Crippen LogP contribution in [-0.4, -0.2) is 64.0 Å². The van der Waals surface area contributed by atoms with Crippen LogP contribution in [0.2, 0.25) is 0 Å². The van der Waals surface area contributed by atoms with Gasteiger partial charge in [-0.3, -0.25) is 4.79 Å². The maximum atomic E-state index is 12.6. The van der Waals surface area contributed by atoms with Crippen molar-refractivity contribution in [2.45, 2.75) is 57.8 Å². The first kappa shape index (κ1) is 34.7. The summed E-state index contributed by atoms with van der Waals surface area (Å²) in [5, 5.41) is 39.6. The number of nitrogens with one attached hydrogen (secondary N) is 4. The summed E-state index contributed by atoms with van der Waals surface area (Å²) in [5.74, 6) is 0.269. The van der Waals surface area contributed by atoms with Gasteiger partial charge in [0, 0.05) is 25.9 Å². The minimum absolute atomic E-state index is 0.167. The second-order valence-corrected chi connectivity index (χ2v) is 11.6. The van der Waals surface area contributed by atoms with Crippen LogP contribution in [0.5, 0.6) is 0 Å². The minimum atomic E-state index is -0.867. The normalized spacial score (nSPS) is 11.3. The molecular weight excluding hydrogens is 624 g/mol. The predicted octanol–water partition coefficient (Wildman–Crippen LogP) is 3.76. The van der Waals surface area contributed by atoms with Gasteiger partial charge in [-0.2, -0.15) is 5.10 Å². The first-order valence-electron chi connectivity index (χ1n) is 15.0. The van der Waals surface area contributed by atoms with Gasteiger partial charge in [0.1, 0.15) is 11.2 Å². The Morgan fingerprint density at radius 2 is 1.43 bits per heavy atom. The predicted molar refractivity (Wildman–Crippen MR) is 176 cm³/mol. The van der Waals surface area contributed by atoms with Crippen LogP contribution in [0, 0.1) is 0 Å². The van der Waals surface area contributed by atoms with Gasteiger partial charge in [0.25, 0.3) is 0 Å². The number of carbonyl (C=O) groups excluding carboxylic acids is 3. The standard InChI is InChI=1S/C32H38N8O6S/c1-45-31(43)33-19-23-9-5-7-21(15-23)17-27(41)35-26-14-13-25(37-38-26)11-3-4-12-29-39-40-30(47-29)36-28(42)18-22-8-6-10-24(16-22)20-34-32(44)46-2/h5-10,13-16,27,41H,3-4,11-12,17-20H2,1-2H3,(H,33,43)(H,34,44)(H,35,38)(H,36,40,42). The molecule has 2 heterocycles. The highest BCUT2D eigenvalue weighted by molar-refractivity contribution is 7.15. The number of anilines is 2. The van der Waals surface area contributed by atoms with Crippen molar-refractivity contribution in [3.63, 3.8) is 0 Å². The Hall–Kier alpha value is -5.15. The van der Waals surface area contributed by atoms with Gasteiger partial charge in [-0.25, -0.2) is 9.59 Å². The first-order chi connectivity index (χ1) is 22.8. The van der Waals surface area contributed by atoms with Crippen LogP contribution in [0.4, 0.5) is 20.5 Å². The number of alkyl carbamates (subject to hydrolysis) is 2. The molecule has 0 saturated heterocycles. The Kier molecular flexibility index (Phi) is 13.4. The van der Waals surface area contributed by atoms with Crippen LogP contribution in [0.1, 0.15) is 45.8 Å². The number of aryl methyl sites for hydroxylation is 2. The van der Waals surface area contributed by atoms with Gasteiger partial charge in [0.05, 0.1) is 26.3 Å². The van der Waals surface area contributed by atoms with E-state index in [2.05, 4.69) is 51.1 Å². The van der Waals surface area contributed by atoms with E-state index in [-0.39, 0.29) is 12.3 Å². The lowest BCUT2D eigenvalue weighted by molar-refractivity contribution is -0.115. The molecule has 0 aliphatic carbocycles. The number of methoxy groups -OCH3 is 2. The number of amides is 3. The topological polar surface area (TPSA) is 190 Å². The Morgan fingerprint density at radius 1 is 0.787 bits per heavy atom. The average Bonchev–Trinajstić information content (AvgIpc) is 3.52. The average molecular weight is 663 g/mol. The van der Waals surface area contributed by atoms with E-state index in [1.165, 1.54) is 25.6 Å². The molecule has 2 aromatic heterocycles. The van der Waals surface area contributed by atoms with Crippen molar-refractivity contribution >= 4 is 40.4 Å². The number of aliphatic hydroxyl groups excluding tert-OH is 1. The minimum Gasteiger partial charge on any atom is -0.453 e. The van der Waals surface area contributed by atoms with Crippen molar-refractivity contribution in [1.82, 2.24) is 31.0 Å². The zero-order chi connectivity index (χ0) is 33.4. The smallest absolute Gasteiger partial charge is 0.407 e. The van der Waals surface area contributed by atoms with E-state index in [1.54, 1.807) is 6.07 Å². The molecule has 0 saturated carbocycles. The third-order valence-electron chi connectivity index (χ3n) is 6.84. The van der Waals surface area contributed by atoms with Crippen LogP contribution < -0.4 is 21.3 Å². The zero-order valence-corrected chi connectivity index (χ0v) is 27.0. The molecule has 4 aromatic rings. The summed E-state index contributed by atoms with van der Waals surface area (Å²) in [4.78, 5) is 35.1. The maximum absolute atomic E-state index is 12.6. The van der Waals surface area contributed by atoms with E-state index in [0.717, 1.165) is 58.6 Å². The molecule has 1 atom stereocenters. The summed E-state index contributed by atoms with van der Waals surface area (Å²) in [6.45, 7) is 0.633. The summed E-state index contributed by atoms with van der Waals surface area (Å²) in [6, 6.07) is 18.6. The van der Waals surface area contributed by atoms with E-state index >= 15 is 0 Å². The largest absolute Gasteiger partial charge is 0.453 e. The van der Waals surface area contributed by atoms with Crippen molar-refractivity contribution in [3.8, 4) is 0 Å². The highest BCUT2D eigenvalue weighted by Gasteiger charge is 2.11. The molecule has 3 amide bonds. The number of unbranched alkanes of at least 4 members (excludes halogenated alkanes) is 1. The van der Waals surface area contributed by atoms with Crippen molar-refractivity contribution in [2.24, 2.45) is 0 Å². The summed E-state index contributed by atoms with van der Waals surface area (Å²) in [7, 11) is 2.62. The van der Waals surface area contributed by atoms with Gasteiger partial charge in [0.2, 0.25) is 11.0 Å². The lowest BCUT2D eigenvalue weighted by atomic mass is 10.1. The molecule has 0 aliphatic heterocycles. The summed E-state index contributed by atoms with van der Waals surface area (Å²) < 4.78 is 9.17. The number of benzene rings is 2. The molecule has 47 heavy (non-hydrogen) atoms. The molecule has 0 bridgehead atoms. The van der Waals surface area contributed by atoms with Crippen LogP contribution in [0.3, 0.4) is 0 Å². The molecule has 0 fully saturated rings. The number of ether oxygens (including phenoxy) is 2. The lowest BCUT2D eigenvalue weighted by Crippen LogP contribution is -2.23. The maximum Gasteiger partial charge on any atom is 0.407 e. The van der Waals surface area contributed by atoms with Crippen LogP contribution in [0.15, 0.2) is 60.7 Å². The summed E-state index contributed by atoms with van der Waals surface area (Å²) >= 11 is 1.35. The van der Waals surface area contributed by atoms with E-state index in [9.17, 15) is 19.5 Å². The molecule has 0 aliphatic rings. The third-order valence-corrected chi connectivity index (χ3v) is 7.74. The molecule has 14 nitrogen and oxygen atoms in total. The van der Waals surface area contributed by atoms with Crippen LogP contribution in [-0.2, 0) is 53.0 Å². The van der Waals surface area contributed by atoms with Crippen molar-refractivity contribution in [3.05, 3.63) is 93.6 Å². The lowest BCUT2D eigenvalue weighted by Gasteiger charge is -2.14. The zero-order valence-electron chi connectivity index (χ0n) is 26.2. The highest BCUT2D eigenvalue weighted by Crippen LogP contribution is 2.19. The number of rotatable bonds is 16. The highest BCUT2D eigenvalue weighted by atomic mass is 32.1. The number of aliphatic hydroxyl groups is 1. The third kappa shape index (κ3) is 12.3. The SMILES string of the molecule is COC(=O)NCc1cccc(CC(=O)Nc2nnc(CCCCc3ccc(NC(O)Cc4cccc(CNC(=O)OC)c4)nn3)s2)c1. The second kappa shape index (κ2) is 18.1. The fourth-order valence-corrected chi connectivity index (χ4v) is 5.36. The van der Waals surface area contributed by atoms with Crippen LogP contribution in [0.25, 0.3) is 0 Å². The Bertz CT molecular complexity index is 1620. The van der Waals surface area contributed by atoms with Gasteiger partial charge in [-0.05, 0) is 53.6 Å². The molecule has 0 radical (unpaired) electrons. The molecular formula is C32H38N8O6S. The second-order valence-electron chi connectivity index (χ2n) is 10.5. The first-order valence-corrected chi connectivity index (χ1v) is 15.8. The van der Waals surface area contributed by atoms with E-state index < -0.39 is 18.4 Å². The van der Waals surface area contributed by atoms with Gasteiger partial charge >= 0.3 is 12.2 Å². The fraction of sp³-hybridized carbons (Fsp3) is 0.344. The molecule has 5 N–H and O–H groups in total. The molecule has 4 rings (SSSR count). The number of hydrogen-bond donors (Lipinski definition) is 5. The van der Waals surface area contributed by atoms with Crippen molar-refractivity contribution in [1.29, 1.82) is 0 Å². The van der Waals surface area contributed by atoms with E-state index in [1.807, 2.05) is 54.6 Å². The van der Waals surface area contributed by atoms with Crippen LogP contribution >= 0.6 is 11.3 Å². The molecule has 1 unspecified atom stereocenters. The number of hydrogen-bond acceptors (Lipinski definition) is 12. The number of nitrogens with zero attached hydrogens (tertiary/aromatic N) is 4. The van der Waals surface area contributed by atoms with Gasteiger partial charge < -0.3 is 35.8 Å². The molecule has 2 aromatic carbocycles. The van der Waals surface area contributed by atoms with E-state index in [4.69, 9.17) is 0 Å².